The van der Waals surface area contributed by atoms with Crippen molar-refractivity contribution in [3.05, 3.63) is 53.4 Å². The first-order valence-corrected chi connectivity index (χ1v) is 11.2. The fraction of sp³-hybridized carbons (Fsp3) is 0.286. The second-order valence-corrected chi connectivity index (χ2v) is 9.45. The number of nitrogens with zero attached hydrogens (tertiary/aromatic N) is 4. The van der Waals surface area contributed by atoms with Gasteiger partial charge in [0.15, 0.2) is 0 Å². The van der Waals surface area contributed by atoms with Gasteiger partial charge in [0.05, 0.1) is 22.0 Å². The van der Waals surface area contributed by atoms with E-state index in [1.54, 1.807) is 17.8 Å². The van der Waals surface area contributed by atoms with Gasteiger partial charge >= 0.3 is 0 Å². The molecule has 1 aromatic carbocycles. The zero-order valence-electron chi connectivity index (χ0n) is 16.4. The second-order valence-electron chi connectivity index (χ2n) is 7.69. The maximum absolute atomic E-state index is 10.7. The molecule has 0 unspecified atom stereocenters. The van der Waals surface area contributed by atoms with Gasteiger partial charge in [0, 0.05) is 16.8 Å². The van der Waals surface area contributed by atoms with Crippen molar-refractivity contribution in [2.24, 2.45) is 0 Å². The number of benzene rings is 1. The SMILES string of the molecule is Nc1nc2cc(CC[C@@H]3S[C@@H](n4ccc5c(N)ncnc54)[C@H](O)[C@@H]3O)ccc2cc1Cl. The van der Waals surface area contributed by atoms with E-state index in [2.05, 4.69) is 15.0 Å². The fourth-order valence-electron chi connectivity index (χ4n) is 4.06. The van der Waals surface area contributed by atoms with Crippen molar-refractivity contribution in [1.29, 1.82) is 0 Å². The molecule has 8 nitrogen and oxygen atoms in total. The highest BCUT2D eigenvalue weighted by Crippen LogP contribution is 2.45. The number of aliphatic hydroxyl groups excluding tert-OH is 2. The van der Waals surface area contributed by atoms with Crippen molar-refractivity contribution in [1.82, 2.24) is 19.5 Å². The number of nitrogen functional groups attached to an aromatic ring is 2. The highest BCUT2D eigenvalue weighted by Gasteiger charge is 2.43. The van der Waals surface area contributed by atoms with Crippen molar-refractivity contribution in [3.63, 3.8) is 0 Å². The predicted molar refractivity (Wildman–Crippen MR) is 124 cm³/mol. The molecule has 5 rings (SSSR count). The van der Waals surface area contributed by atoms with E-state index in [1.807, 2.05) is 35.0 Å². The summed E-state index contributed by atoms with van der Waals surface area (Å²) in [5.41, 5.74) is 14.3. The molecular formula is C21H21ClN6O2S. The predicted octanol–water partition coefficient (Wildman–Crippen LogP) is 2.77. The van der Waals surface area contributed by atoms with Gasteiger partial charge in [0.1, 0.15) is 35.1 Å². The van der Waals surface area contributed by atoms with Crippen LogP contribution in [-0.2, 0) is 6.42 Å². The Bertz CT molecular complexity index is 1280. The Balaban J connectivity index is 1.34. The zero-order valence-corrected chi connectivity index (χ0v) is 18.0. The van der Waals surface area contributed by atoms with Crippen LogP contribution in [0.4, 0.5) is 11.6 Å². The number of anilines is 2. The van der Waals surface area contributed by atoms with Crippen LogP contribution in [0.2, 0.25) is 5.02 Å². The van der Waals surface area contributed by atoms with Crippen LogP contribution in [0.5, 0.6) is 0 Å². The second kappa shape index (κ2) is 7.83. The molecule has 0 bridgehead atoms. The molecule has 4 atom stereocenters. The molecule has 160 valence electrons. The molecule has 1 fully saturated rings. The molecule has 0 aliphatic carbocycles. The summed E-state index contributed by atoms with van der Waals surface area (Å²) in [6.45, 7) is 0. The third kappa shape index (κ3) is 3.57. The van der Waals surface area contributed by atoms with Crippen molar-refractivity contribution in [2.75, 3.05) is 11.5 Å². The van der Waals surface area contributed by atoms with Crippen LogP contribution in [0, 0.1) is 0 Å². The summed E-state index contributed by atoms with van der Waals surface area (Å²) >= 11 is 7.59. The summed E-state index contributed by atoms with van der Waals surface area (Å²) in [6.07, 6.45) is 2.90. The number of aromatic nitrogens is 4. The topological polar surface area (TPSA) is 136 Å². The lowest BCUT2D eigenvalue weighted by Gasteiger charge is -2.17. The van der Waals surface area contributed by atoms with Crippen molar-refractivity contribution >= 4 is 56.9 Å². The minimum Gasteiger partial charge on any atom is -0.389 e. The van der Waals surface area contributed by atoms with Gasteiger partial charge in [-0.15, -0.1) is 11.8 Å². The average Bonchev–Trinajstić information content (AvgIpc) is 3.30. The van der Waals surface area contributed by atoms with Gasteiger partial charge in [-0.2, -0.15) is 0 Å². The number of hydrogen-bond acceptors (Lipinski definition) is 8. The first-order valence-electron chi connectivity index (χ1n) is 9.85. The summed E-state index contributed by atoms with van der Waals surface area (Å²) < 4.78 is 1.86. The third-order valence-electron chi connectivity index (χ3n) is 5.73. The Kier molecular flexibility index (Phi) is 5.13. The van der Waals surface area contributed by atoms with Crippen LogP contribution < -0.4 is 11.5 Å². The molecule has 0 spiro atoms. The first kappa shape index (κ1) is 20.3. The van der Waals surface area contributed by atoms with E-state index in [0.29, 0.717) is 28.7 Å². The molecule has 0 radical (unpaired) electrons. The van der Waals surface area contributed by atoms with Gasteiger partial charge in [-0.1, -0.05) is 23.7 Å². The summed E-state index contributed by atoms with van der Waals surface area (Å²) in [7, 11) is 0. The molecule has 1 aliphatic rings. The number of aryl methyl sites for hydroxylation is 1. The van der Waals surface area contributed by atoms with Gasteiger partial charge in [-0.3, -0.25) is 0 Å². The van der Waals surface area contributed by atoms with Gasteiger partial charge in [0.25, 0.3) is 0 Å². The number of thioether (sulfide) groups is 1. The van der Waals surface area contributed by atoms with E-state index in [0.717, 1.165) is 28.3 Å². The first-order chi connectivity index (χ1) is 14.9. The minimum atomic E-state index is -0.915. The number of pyridine rings is 1. The van der Waals surface area contributed by atoms with Crippen LogP contribution in [0.15, 0.2) is 42.9 Å². The van der Waals surface area contributed by atoms with Gasteiger partial charge < -0.3 is 26.2 Å². The van der Waals surface area contributed by atoms with E-state index in [4.69, 9.17) is 23.1 Å². The van der Waals surface area contributed by atoms with Crippen LogP contribution in [0.3, 0.4) is 0 Å². The smallest absolute Gasteiger partial charge is 0.146 e. The monoisotopic (exact) mass is 456 g/mol. The van der Waals surface area contributed by atoms with Gasteiger partial charge in [0.2, 0.25) is 0 Å². The molecule has 4 heterocycles. The number of hydrogen-bond donors (Lipinski definition) is 4. The molecule has 0 saturated carbocycles. The Morgan fingerprint density at radius 2 is 1.90 bits per heavy atom. The maximum atomic E-state index is 10.7. The van der Waals surface area contributed by atoms with Crippen LogP contribution in [0.1, 0.15) is 17.4 Å². The lowest BCUT2D eigenvalue weighted by Crippen LogP contribution is -2.31. The molecule has 10 heteroatoms. The van der Waals surface area contributed by atoms with E-state index >= 15 is 0 Å². The lowest BCUT2D eigenvalue weighted by atomic mass is 10.0. The van der Waals surface area contributed by atoms with Crippen molar-refractivity contribution in [2.45, 2.75) is 35.7 Å². The maximum Gasteiger partial charge on any atom is 0.146 e. The molecule has 0 amide bonds. The molecule has 3 aromatic heterocycles. The minimum absolute atomic E-state index is 0.129. The lowest BCUT2D eigenvalue weighted by molar-refractivity contribution is 0.0176. The quantitative estimate of drug-likeness (QED) is 0.368. The van der Waals surface area contributed by atoms with Crippen molar-refractivity contribution in [3.8, 4) is 0 Å². The molecule has 1 aliphatic heterocycles. The largest absolute Gasteiger partial charge is 0.389 e. The van der Waals surface area contributed by atoms with Crippen LogP contribution in [0.25, 0.3) is 21.9 Å². The fourth-order valence-corrected chi connectivity index (χ4v) is 5.78. The summed E-state index contributed by atoms with van der Waals surface area (Å²) in [5, 5.41) is 23.0. The summed E-state index contributed by atoms with van der Waals surface area (Å²) in [5.74, 6) is 0.701. The highest BCUT2D eigenvalue weighted by atomic mass is 35.5. The molecule has 1 saturated heterocycles. The number of aliphatic hydroxyl groups is 2. The van der Waals surface area contributed by atoms with Gasteiger partial charge in [-0.05, 0) is 36.6 Å². The van der Waals surface area contributed by atoms with E-state index in [-0.39, 0.29) is 10.6 Å². The van der Waals surface area contributed by atoms with Gasteiger partial charge in [-0.25, -0.2) is 15.0 Å². The number of halogens is 1. The highest BCUT2D eigenvalue weighted by molar-refractivity contribution is 8.00. The summed E-state index contributed by atoms with van der Waals surface area (Å²) in [6, 6.07) is 9.61. The average molecular weight is 457 g/mol. The molecular weight excluding hydrogens is 436 g/mol. The number of fused-ring (bicyclic) bond motifs is 2. The van der Waals surface area contributed by atoms with E-state index in [9.17, 15) is 10.2 Å². The standard InChI is InChI=1S/C21H21ClN6O2S/c22-13-8-11-3-1-10(7-14(11)27-19(13)24)2-4-15-16(29)17(30)21(31-15)28-6-5-12-18(23)25-9-26-20(12)28/h1,3,5-9,15-17,21,29-30H,2,4H2,(H2,24,27)(H2,23,25,26)/t15-,16+,17+,21+/m0/s1. The Morgan fingerprint density at radius 1 is 1.06 bits per heavy atom. The molecule has 4 aromatic rings. The Morgan fingerprint density at radius 3 is 2.74 bits per heavy atom. The summed E-state index contributed by atoms with van der Waals surface area (Å²) in [4.78, 5) is 12.7. The van der Waals surface area contributed by atoms with Crippen LogP contribution in [-0.4, -0.2) is 47.2 Å². The van der Waals surface area contributed by atoms with E-state index in [1.165, 1.54) is 6.33 Å². The number of nitrogens with two attached hydrogens (primary N) is 2. The molecule has 31 heavy (non-hydrogen) atoms. The third-order valence-corrected chi connectivity index (χ3v) is 7.68. The zero-order chi connectivity index (χ0) is 21.7. The Hall–Kier alpha value is -2.59. The van der Waals surface area contributed by atoms with E-state index < -0.39 is 12.2 Å². The van der Waals surface area contributed by atoms with Crippen molar-refractivity contribution < 1.29 is 10.2 Å². The number of rotatable bonds is 4. The Labute approximate surface area is 187 Å². The molecule has 6 N–H and O–H groups in total. The normalized spacial score (nSPS) is 23.7. The van der Waals surface area contributed by atoms with Crippen LogP contribution >= 0.6 is 23.4 Å².